The topological polar surface area (TPSA) is 24.5 Å². The number of para-hydroxylation sites is 1. The molecule has 0 aromatic heterocycles. The van der Waals surface area contributed by atoms with Gasteiger partial charge in [0, 0.05) is 37.5 Å². The molecule has 1 spiro atoms. The fraction of sp³-hybridized carbons (Fsp3) is 0.600. The Balaban J connectivity index is 1.92. The Hall–Kier alpha value is -1.06. The lowest BCUT2D eigenvalue weighted by molar-refractivity contribution is 0.0411. The molecule has 98 valence electrons. The molecule has 18 heavy (non-hydrogen) atoms. The lowest BCUT2D eigenvalue weighted by Crippen LogP contribution is -2.45. The van der Waals surface area contributed by atoms with Gasteiger partial charge in [-0.15, -0.1) is 0 Å². The van der Waals surface area contributed by atoms with Crippen LogP contribution in [0.25, 0.3) is 0 Å². The molecule has 2 aliphatic rings. The molecule has 3 heteroatoms. The van der Waals surface area contributed by atoms with E-state index in [9.17, 15) is 0 Å². The van der Waals surface area contributed by atoms with Crippen molar-refractivity contribution in [2.45, 2.75) is 31.4 Å². The first-order chi connectivity index (χ1) is 8.72. The number of rotatable bonds is 2. The summed E-state index contributed by atoms with van der Waals surface area (Å²) in [6.45, 7) is 5.36. The number of benzene rings is 1. The van der Waals surface area contributed by atoms with Crippen LogP contribution in [0.15, 0.2) is 24.3 Å². The Morgan fingerprint density at radius 3 is 3.00 bits per heavy atom. The van der Waals surface area contributed by atoms with Gasteiger partial charge in [0.2, 0.25) is 0 Å². The second kappa shape index (κ2) is 4.56. The van der Waals surface area contributed by atoms with Gasteiger partial charge < -0.3 is 15.0 Å². The van der Waals surface area contributed by atoms with Crippen LogP contribution in [0.4, 0.5) is 0 Å². The van der Waals surface area contributed by atoms with E-state index >= 15 is 0 Å². The fourth-order valence-corrected chi connectivity index (χ4v) is 3.34. The van der Waals surface area contributed by atoms with Crippen LogP contribution in [0.3, 0.4) is 0 Å². The largest absolute Gasteiger partial charge is 0.485 e. The van der Waals surface area contributed by atoms with Crippen LogP contribution in [-0.2, 0) is 0 Å². The molecule has 0 amide bonds. The number of ether oxygens (including phenoxy) is 1. The zero-order chi connectivity index (χ0) is 12.6. The smallest absolute Gasteiger partial charge is 0.125 e. The average Bonchev–Trinajstić information content (AvgIpc) is 2.70. The molecular weight excluding hydrogens is 224 g/mol. The normalized spacial score (nSPS) is 31.3. The van der Waals surface area contributed by atoms with Crippen molar-refractivity contribution in [3.63, 3.8) is 0 Å². The van der Waals surface area contributed by atoms with Gasteiger partial charge in [-0.1, -0.05) is 25.1 Å². The molecular formula is C15H22N2O. The van der Waals surface area contributed by atoms with E-state index in [0.717, 1.165) is 38.2 Å². The Bertz CT molecular complexity index is 434. The van der Waals surface area contributed by atoms with Crippen molar-refractivity contribution in [2.24, 2.45) is 0 Å². The highest BCUT2D eigenvalue weighted by molar-refractivity contribution is 5.39. The summed E-state index contributed by atoms with van der Waals surface area (Å²) in [5, 5.41) is 3.61. The standard InChI is InChI=1S/C15H22N2O/c1-3-16-13-10-15(8-9-17(2)11-15)18-14-7-5-4-6-12(13)14/h4-7,13,16H,3,8-11H2,1-2H3. The number of nitrogens with one attached hydrogen (secondary N) is 1. The third-order valence-corrected chi connectivity index (χ3v) is 4.15. The molecule has 3 nitrogen and oxygen atoms in total. The number of fused-ring (bicyclic) bond motifs is 1. The molecule has 1 aromatic rings. The van der Waals surface area contributed by atoms with Crippen molar-refractivity contribution in [3.8, 4) is 5.75 Å². The van der Waals surface area contributed by atoms with Crippen LogP contribution in [0, 0.1) is 0 Å². The zero-order valence-corrected chi connectivity index (χ0v) is 11.3. The summed E-state index contributed by atoms with van der Waals surface area (Å²) in [5.74, 6) is 1.07. The van der Waals surface area contributed by atoms with Crippen LogP contribution in [0.2, 0.25) is 0 Å². The second-order valence-corrected chi connectivity index (χ2v) is 5.63. The highest BCUT2D eigenvalue weighted by Gasteiger charge is 2.44. The van der Waals surface area contributed by atoms with Crippen molar-refractivity contribution in [2.75, 3.05) is 26.7 Å². The molecule has 1 saturated heterocycles. The van der Waals surface area contributed by atoms with E-state index < -0.39 is 0 Å². The molecule has 2 heterocycles. The molecule has 3 rings (SSSR count). The van der Waals surface area contributed by atoms with E-state index in [0.29, 0.717) is 6.04 Å². The van der Waals surface area contributed by atoms with Crippen molar-refractivity contribution in [1.29, 1.82) is 0 Å². The van der Waals surface area contributed by atoms with Crippen LogP contribution in [0.5, 0.6) is 5.75 Å². The first-order valence-corrected chi connectivity index (χ1v) is 6.92. The van der Waals surface area contributed by atoms with E-state index in [1.165, 1.54) is 5.56 Å². The van der Waals surface area contributed by atoms with Gasteiger partial charge in [0.25, 0.3) is 0 Å². The maximum absolute atomic E-state index is 6.35. The number of likely N-dealkylation sites (tertiary alicyclic amines) is 1. The number of nitrogens with zero attached hydrogens (tertiary/aromatic N) is 1. The fourth-order valence-electron chi connectivity index (χ4n) is 3.34. The molecule has 1 aromatic carbocycles. The Labute approximate surface area is 109 Å². The monoisotopic (exact) mass is 246 g/mol. The molecule has 2 unspecified atom stereocenters. The summed E-state index contributed by atoms with van der Waals surface area (Å²) in [5.41, 5.74) is 1.34. The minimum absolute atomic E-state index is 0.0237. The van der Waals surface area contributed by atoms with E-state index in [4.69, 9.17) is 4.74 Å². The summed E-state index contributed by atoms with van der Waals surface area (Å²) >= 11 is 0. The van der Waals surface area contributed by atoms with E-state index in [1.807, 2.05) is 0 Å². The Kier molecular flexibility index (Phi) is 3.04. The van der Waals surface area contributed by atoms with Gasteiger partial charge in [-0.2, -0.15) is 0 Å². The zero-order valence-electron chi connectivity index (χ0n) is 11.3. The third kappa shape index (κ3) is 2.02. The molecule has 1 N–H and O–H groups in total. The van der Waals surface area contributed by atoms with Gasteiger partial charge >= 0.3 is 0 Å². The molecule has 0 saturated carbocycles. The lowest BCUT2D eigenvalue weighted by Gasteiger charge is -2.40. The Morgan fingerprint density at radius 2 is 2.28 bits per heavy atom. The summed E-state index contributed by atoms with van der Waals surface area (Å²) in [6, 6.07) is 8.91. The second-order valence-electron chi connectivity index (χ2n) is 5.63. The van der Waals surface area contributed by atoms with E-state index in [1.54, 1.807) is 0 Å². The average molecular weight is 246 g/mol. The highest BCUT2D eigenvalue weighted by Crippen LogP contribution is 2.43. The van der Waals surface area contributed by atoms with Crippen LogP contribution in [-0.4, -0.2) is 37.2 Å². The number of likely N-dealkylation sites (N-methyl/N-ethyl adjacent to an activating group) is 1. The van der Waals surface area contributed by atoms with Crippen LogP contribution < -0.4 is 10.1 Å². The maximum Gasteiger partial charge on any atom is 0.125 e. The number of hydrogen-bond acceptors (Lipinski definition) is 3. The SMILES string of the molecule is CCNC1CC2(CCN(C)C2)Oc2ccccc21. The van der Waals surface area contributed by atoms with Crippen LogP contribution in [0.1, 0.15) is 31.4 Å². The molecule has 1 fully saturated rings. The molecule has 0 aliphatic carbocycles. The minimum atomic E-state index is 0.0237. The van der Waals surface area contributed by atoms with E-state index in [-0.39, 0.29) is 5.60 Å². The van der Waals surface area contributed by atoms with Crippen molar-refractivity contribution in [3.05, 3.63) is 29.8 Å². The van der Waals surface area contributed by atoms with Crippen LogP contribution >= 0.6 is 0 Å². The van der Waals surface area contributed by atoms with Gasteiger partial charge in [-0.05, 0) is 19.7 Å². The highest BCUT2D eigenvalue weighted by atomic mass is 16.5. The van der Waals surface area contributed by atoms with Crippen molar-refractivity contribution >= 4 is 0 Å². The summed E-state index contributed by atoms with van der Waals surface area (Å²) < 4.78 is 6.35. The van der Waals surface area contributed by atoms with Gasteiger partial charge in [0.1, 0.15) is 11.4 Å². The first kappa shape index (κ1) is 12.0. The van der Waals surface area contributed by atoms with Gasteiger partial charge in [-0.25, -0.2) is 0 Å². The quantitative estimate of drug-likeness (QED) is 0.865. The predicted octanol–water partition coefficient (Wildman–Crippen LogP) is 2.19. The summed E-state index contributed by atoms with van der Waals surface area (Å²) in [4.78, 5) is 2.37. The number of hydrogen-bond donors (Lipinski definition) is 1. The van der Waals surface area contributed by atoms with Gasteiger partial charge in [-0.3, -0.25) is 0 Å². The third-order valence-electron chi connectivity index (χ3n) is 4.15. The Morgan fingerprint density at radius 1 is 1.44 bits per heavy atom. The van der Waals surface area contributed by atoms with Crippen molar-refractivity contribution in [1.82, 2.24) is 10.2 Å². The maximum atomic E-state index is 6.35. The van der Waals surface area contributed by atoms with Gasteiger partial charge in [0.15, 0.2) is 0 Å². The molecule has 0 bridgehead atoms. The summed E-state index contributed by atoms with van der Waals surface area (Å²) in [7, 11) is 2.18. The minimum Gasteiger partial charge on any atom is -0.485 e. The summed E-state index contributed by atoms with van der Waals surface area (Å²) in [6.07, 6.45) is 2.22. The molecule has 0 radical (unpaired) electrons. The first-order valence-electron chi connectivity index (χ1n) is 6.92. The molecule has 2 aliphatic heterocycles. The molecule has 2 atom stereocenters. The predicted molar refractivity (Wildman–Crippen MR) is 72.9 cm³/mol. The lowest BCUT2D eigenvalue weighted by atomic mass is 9.86. The van der Waals surface area contributed by atoms with E-state index in [2.05, 4.69) is 48.5 Å². The van der Waals surface area contributed by atoms with Crippen molar-refractivity contribution < 1.29 is 4.74 Å². The van der Waals surface area contributed by atoms with Gasteiger partial charge in [0.05, 0.1) is 0 Å².